The summed E-state index contributed by atoms with van der Waals surface area (Å²) in [6.45, 7) is 2.73. The second-order valence-electron chi connectivity index (χ2n) is 4.54. The third kappa shape index (κ3) is 3.09. The number of thiazole rings is 1. The average Bonchev–Trinajstić information content (AvgIpc) is 2.95. The van der Waals surface area contributed by atoms with Gasteiger partial charge >= 0.3 is 0 Å². The fourth-order valence-corrected chi connectivity index (χ4v) is 2.72. The number of benzene rings is 1. The van der Waals surface area contributed by atoms with Gasteiger partial charge in [0.2, 0.25) is 0 Å². The van der Waals surface area contributed by atoms with Crippen LogP contribution in [-0.2, 0) is 0 Å². The van der Waals surface area contributed by atoms with Crippen LogP contribution in [-0.4, -0.2) is 28.7 Å². The summed E-state index contributed by atoms with van der Waals surface area (Å²) in [5, 5.41) is 3.98. The van der Waals surface area contributed by atoms with Crippen LogP contribution in [0.3, 0.4) is 0 Å². The number of hydrogen-bond acceptors (Lipinski definition) is 7. The largest absolute Gasteiger partial charge is 0.493 e. The molecule has 22 heavy (non-hydrogen) atoms. The van der Waals surface area contributed by atoms with Crippen LogP contribution < -0.4 is 14.8 Å². The number of fused-ring (bicyclic) bond motifs is 1. The second kappa shape index (κ2) is 6.57. The van der Waals surface area contributed by atoms with Crippen molar-refractivity contribution in [3.8, 4) is 11.5 Å². The molecule has 0 aliphatic heterocycles. The van der Waals surface area contributed by atoms with Gasteiger partial charge in [-0.25, -0.2) is 9.97 Å². The van der Waals surface area contributed by atoms with Crippen LogP contribution >= 0.6 is 11.3 Å². The predicted molar refractivity (Wildman–Crippen MR) is 87.3 cm³/mol. The first-order chi connectivity index (χ1) is 10.8. The molecule has 0 saturated heterocycles. The number of aromatic nitrogens is 3. The average molecular weight is 316 g/mol. The molecule has 7 heteroatoms. The van der Waals surface area contributed by atoms with Crippen molar-refractivity contribution in [1.82, 2.24) is 15.0 Å². The fourth-order valence-electron chi connectivity index (χ4n) is 1.93. The van der Waals surface area contributed by atoms with Crippen molar-refractivity contribution >= 4 is 32.6 Å². The maximum atomic E-state index is 5.64. The first-order valence-corrected chi connectivity index (χ1v) is 7.77. The number of hydrogen-bond donors (Lipinski definition) is 1. The molecule has 0 amide bonds. The molecule has 0 unspecified atom stereocenters. The zero-order valence-electron chi connectivity index (χ0n) is 12.4. The van der Waals surface area contributed by atoms with Crippen molar-refractivity contribution in [1.29, 1.82) is 0 Å². The van der Waals surface area contributed by atoms with E-state index < -0.39 is 0 Å². The molecular formula is C15H16N4O2S. The van der Waals surface area contributed by atoms with Gasteiger partial charge in [-0.1, -0.05) is 18.3 Å². The maximum Gasteiger partial charge on any atom is 0.191 e. The number of ether oxygens (including phenoxy) is 2. The van der Waals surface area contributed by atoms with Crippen molar-refractivity contribution in [2.75, 3.05) is 19.0 Å². The highest BCUT2D eigenvalue weighted by atomic mass is 32.1. The lowest BCUT2D eigenvalue weighted by Gasteiger charge is -2.11. The van der Waals surface area contributed by atoms with E-state index in [1.165, 1.54) is 11.3 Å². The zero-order valence-corrected chi connectivity index (χ0v) is 13.2. The van der Waals surface area contributed by atoms with Gasteiger partial charge in [0.25, 0.3) is 0 Å². The summed E-state index contributed by atoms with van der Waals surface area (Å²) in [7, 11) is 1.63. The number of anilines is 2. The first-order valence-electron chi connectivity index (χ1n) is 6.95. The van der Waals surface area contributed by atoms with Gasteiger partial charge in [0.15, 0.2) is 27.1 Å². The molecule has 6 nitrogen and oxygen atoms in total. The normalized spacial score (nSPS) is 10.6. The molecular weight excluding hydrogens is 300 g/mol. The summed E-state index contributed by atoms with van der Waals surface area (Å²) in [4.78, 5) is 13.6. The van der Waals surface area contributed by atoms with Crippen molar-refractivity contribution < 1.29 is 9.47 Å². The van der Waals surface area contributed by atoms with Crippen molar-refractivity contribution in [2.45, 2.75) is 13.3 Å². The molecule has 0 fully saturated rings. The van der Waals surface area contributed by atoms with Crippen molar-refractivity contribution in [2.24, 2.45) is 0 Å². The Morgan fingerprint density at radius 1 is 1.18 bits per heavy atom. The van der Waals surface area contributed by atoms with Gasteiger partial charge in [-0.05, 0) is 18.6 Å². The number of methoxy groups -OCH3 is 1. The van der Waals surface area contributed by atoms with Gasteiger partial charge < -0.3 is 14.8 Å². The van der Waals surface area contributed by atoms with E-state index in [0.29, 0.717) is 18.0 Å². The van der Waals surface area contributed by atoms with E-state index in [2.05, 4.69) is 27.2 Å². The van der Waals surface area contributed by atoms with Gasteiger partial charge in [0.1, 0.15) is 0 Å². The molecule has 1 N–H and O–H groups in total. The van der Waals surface area contributed by atoms with E-state index in [-0.39, 0.29) is 0 Å². The molecule has 2 heterocycles. The highest BCUT2D eigenvalue weighted by Crippen LogP contribution is 2.33. The molecule has 0 bridgehead atoms. The molecule has 0 aliphatic carbocycles. The highest BCUT2D eigenvalue weighted by Gasteiger charge is 2.09. The standard InChI is InChI=1S/C15H16N4O2S/c1-3-8-21-11-5-4-10(9-12(11)20-2)18-15-19-13-14(22-15)17-7-6-16-13/h4-7,9H,3,8H2,1-2H3,(H,16,18,19). The summed E-state index contributed by atoms with van der Waals surface area (Å²) < 4.78 is 11.0. The topological polar surface area (TPSA) is 69.2 Å². The molecule has 3 aromatic rings. The van der Waals surface area contributed by atoms with Crippen LogP contribution in [0.2, 0.25) is 0 Å². The summed E-state index contributed by atoms with van der Waals surface area (Å²) in [6.07, 6.45) is 4.25. The summed E-state index contributed by atoms with van der Waals surface area (Å²) >= 11 is 1.46. The molecule has 0 radical (unpaired) electrons. The number of nitrogens with one attached hydrogen (secondary N) is 1. The maximum absolute atomic E-state index is 5.64. The van der Waals surface area contributed by atoms with Crippen LogP contribution in [0, 0.1) is 0 Å². The van der Waals surface area contributed by atoms with Gasteiger partial charge in [0, 0.05) is 24.1 Å². The second-order valence-corrected chi connectivity index (χ2v) is 5.52. The van der Waals surface area contributed by atoms with Crippen LogP contribution in [0.25, 0.3) is 10.5 Å². The third-order valence-corrected chi connectivity index (χ3v) is 3.79. The molecule has 0 aliphatic rings. The van der Waals surface area contributed by atoms with Crippen LogP contribution in [0.15, 0.2) is 30.6 Å². The van der Waals surface area contributed by atoms with Crippen molar-refractivity contribution in [3.05, 3.63) is 30.6 Å². The first kappa shape index (κ1) is 14.5. The van der Waals surface area contributed by atoms with Crippen LogP contribution in [0.4, 0.5) is 10.8 Å². The fraction of sp³-hybridized carbons (Fsp3) is 0.267. The van der Waals surface area contributed by atoms with E-state index in [4.69, 9.17) is 9.47 Å². The van der Waals surface area contributed by atoms with Gasteiger partial charge in [0.05, 0.1) is 13.7 Å². The molecule has 114 valence electrons. The minimum Gasteiger partial charge on any atom is -0.493 e. The third-order valence-electron chi connectivity index (χ3n) is 2.92. The van der Waals surface area contributed by atoms with Gasteiger partial charge in [-0.15, -0.1) is 0 Å². The van der Waals surface area contributed by atoms with E-state index in [1.54, 1.807) is 19.5 Å². The summed E-state index contributed by atoms with van der Waals surface area (Å²) in [5.74, 6) is 1.43. The van der Waals surface area contributed by atoms with E-state index in [1.807, 2.05) is 18.2 Å². The minimum absolute atomic E-state index is 0.643. The van der Waals surface area contributed by atoms with Crippen molar-refractivity contribution in [3.63, 3.8) is 0 Å². The van der Waals surface area contributed by atoms with Gasteiger partial charge in [-0.3, -0.25) is 0 Å². The molecule has 1 aromatic carbocycles. The minimum atomic E-state index is 0.643. The Labute approximate surface area is 132 Å². The highest BCUT2D eigenvalue weighted by molar-refractivity contribution is 7.21. The lowest BCUT2D eigenvalue weighted by Crippen LogP contribution is -1.98. The van der Waals surface area contributed by atoms with Crippen LogP contribution in [0.1, 0.15) is 13.3 Å². The van der Waals surface area contributed by atoms with E-state index in [0.717, 1.165) is 27.8 Å². The molecule has 2 aromatic heterocycles. The van der Waals surface area contributed by atoms with E-state index >= 15 is 0 Å². The van der Waals surface area contributed by atoms with E-state index in [9.17, 15) is 0 Å². The predicted octanol–water partition coefficient (Wildman–Crippen LogP) is 3.63. The Hall–Kier alpha value is -2.41. The SMILES string of the molecule is CCCOc1ccc(Nc2nc3nccnc3s2)cc1OC. The molecule has 0 atom stereocenters. The Morgan fingerprint density at radius 2 is 2.05 bits per heavy atom. The molecule has 3 rings (SSSR count). The smallest absolute Gasteiger partial charge is 0.191 e. The Kier molecular flexibility index (Phi) is 4.34. The number of rotatable bonds is 6. The monoisotopic (exact) mass is 316 g/mol. The Morgan fingerprint density at radius 3 is 2.82 bits per heavy atom. The zero-order chi connectivity index (χ0) is 15.4. The summed E-state index contributed by atoms with van der Waals surface area (Å²) in [6, 6.07) is 5.71. The van der Waals surface area contributed by atoms with Crippen LogP contribution in [0.5, 0.6) is 11.5 Å². The lowest BCUT2D eigenvalue weighted by atomic mass is 10.2. The Balaban J connectivity index is 1.82. The molecule has 0 saturated carbocycles. The summed E-state index contributed by atoms with van der Waals surface area (Å²) in [5.41, 5.74) is 1.52. The van der Waals surface area contributed by atoms with Gasteiger partial charge in [-0.2, -0.15) is 4.98 Å². The Bertz CT molecular complexity index is 742. The lowest BCUT2D eigenvalue weighted by molar-refractivity contribution is 0.294. The quantitative estimate of drug-likeness (QED) is 0.749. The molecule has 0 spiro atoms. The number of nitrogens with zero attached hydrogens (tertiary/aromatic N) is 3.